The minimum Gasteiger partial charge on any atom is -0.381 e. The molecular weight excluding hydrogens is 314 g/mol. The molecule has 1 fully saturated rings. The molecule has 130 valence electrons. The zero-order valence-corrected chi connectivity index (χ0v) is 14.6. The Morgan fingerprint density at radius 2 is 2.04 bits per heavy atom. The van der Waals surface area contributed by atoms with E-state index in [4.69, 9.17) is 4.74 Å². The molecule has 0 bridgehead atoms. The minimum absolute atomic E-state index is 0.0995. The van der Waals surface area contributed by atoms with Gasteiger partial charge in [0, 0.05) is 38.0 Å². The van der Waals surface area contributed by atoms with E-state index in [2.05, 4.69) is 43.9 Å². The zero-order chi connectivity index (χ0) is 17.2. The van der Waals surface area contributed by atoms with Crippen molar-refractivity contribution >= 4 is 16.7 Å². The highest BCUT2D eigenvalue weighted by Gasteiger charge is 2.29. The second kappa shape index (κ2) is 6.80. The molecule has 0 radical (unpaired) electrons. The van der Waals surface area contributed by atoms with Crippen LogP contribution in [0.4, 0.5) is 5.82 Å². The van der Waals surface area contributed by atoms with Crippen LogP contribution in [-0.4, -0.2) is 32.7 Å². The summed E-state index contributed by atoms with van der Waals surface area (Å²) in [5.74, 6) is 2.36. The first-order chi connectivity index (χ1) is 12.2. The van der Waals surface area contributed by atoms with Gasteiger partial charge in [0.05, 0.1) is 11.6 Å². The Labute approximate surface area is 147 Å². The van der Waals surface area contributed by atoms with Crippen molar-refractivity contribution in [1.82, 2.24) is 19.5 Å². The fourth-order valence-corrected chi connectivity index (χ4v) is 3.55. The largest absolute Gasteiger partial charge is 0.381 e. The van der Waals surface area contributed by atoms with Crippen molar-refractivity contribution in [2.24, 2.45) is 13.0 Å². The fraction of sp³-hybridized carbons (Fsp3) is 0.421. The topological polar surface area (TPSA) is 64.9 Å². The van der Waals surface area contributed by atoms with Crippen LogP contribution in [0.3, 0.4) is 0 Å². The Morgan fingerprint density at radius 1 is 1.20 bits per heavy atom. The molecule has 1 atom stereocenters. The van der Waals surface area contributed by atoms with Crippen LogP contribution in [0, 0.1) is 12.8 Å². The van der Waals surface area contributed by atoms with E-state index in [0.29, 0.717) is 5.92 Å². The Kier molecular flexibility index (Phi) is 4.36. The monoisotopic (exact) mass is 337 g/mol. The number of hydrogen-bond donors (Lipinski definition) is 1. The Hall–Kier alpha value is -2.47. The molecular formula is C19H23N5O. The van der Waals surface area contributed by atoms with E-state index in [9.17, 15) is 0 Å². The Morgan fingerprint density at radius 3 is 2.80 bits per heavy atom. The SMILES string of the molecule is Cc1ccc2ncnc(NC(c3nccn3C)C3CCOCC3)c2c1. The molecule has 1 saturated heterocycles. The molecule has 3 aromatic rings. The zero-order valence-electron chi connectivity index (χ0n) is 14.6. The summed E-state index contributed by atoms with van der Waals surface area (Å²) in [4.78, 5) is 13.5. The van der Waals surface area contributed by atoms with Crippen LogP contribution in [0.15, 0.2) is 36.9 Å². The van der Waals surface area contributed by atoms with Crippen molar-refractivity contribution in [2.75, 3.05) is 18.5 Å². The van der Waals surface area contributed by atoms with E-state index in [0.717, 1.165) is 48.6 Å². The summed E-state index contributed by atoms with van der Waals surface area (Å²) >= 11 is 0. The molecule has 3 heterocycles. The van der Waals surface area contributed by atoms with Crippen LogP contribution in [0.2, 0.25) is 0 Å². The Bertz CT molecular complexity index is 869. The van der Waals surface area contributed by atoms with Gasteiger partial charge in [-0.1, -0.05) is 11.6 Å². The average molecular weight is 337 g/mol. The van der Waals surface area contributed by atoms with Crippen molar-refractivity contribution < 1.29 is 4.74 Å². The van der Waals surface area contributed by atoms with E-state index >= 15 is 0 Å². The van der Waals surface area contributed by atoms with Gasteiger partial charge >= 0.3 is 0 Å². The summed E-state index contributed by atoms with van der Waals surface area (Å²) in [5, 5.41) is 4.72. The second-order valence-corrected chi connectivity index (χ2v) is 6.71. The van der Waals surface area contributed by atoms with Crippen molar-refractivity contribution in [3.8, 4) is 0 Å². The highest BCUT2D eigenvalue weighted by atomic mass is 16.5. The van der Waals surface area contributed by atoms with Gasteiger partial charge in [0.25, 0.3) is 0 Å². The Balaban J connectivity index is 1.74. The number of fused-ring (bicyclic) bond motifs is 1. The average Bonchev–Trinajstić information content (AvgIpc) is 3.06. The molecule has 6 heteroatoms. The number of nitrogens with one attached hydrogen (secondary N) is 1. The highest BCUT2D eigenvalue weighted by molar-refractivity contribution is 5.89. The van der Waals surface area contributed by atoms with Crippen LogP contribution >= 0.6 is 0 Å². The molecule has 1 aliphatic heterocycles. The summed E-state index contributed by atoms with van der Waals surface area (Å²) in [5.41, 5.74) is 2.15. The van der Waals surface area contributed by atoms with Crippen LogP contribution in [0.25, 0.3) is 10.9 Å². The number of hydrogen-bond acceptors (Lipinski definition) is 5. The van der Waals surface area contributed by atoms with Gasteiger partial charge < -0.3 is 14.6 Å². The maximum atomic E-state index is 5.55. The first-order valence-electron chi connectivity index (χ1n) is 8.75. The van der Waals surface area contributed by atoms with Gasteiger partial charge in [-0.2, -0.15) is 0 Å². The van der Waals surface area contributed by atoms with Crippen LogP contribution < -0.4 is 5.32 Å². The highest BCUT2D eigenvalue weighted by Crippen LogP contribution is 2.33. The molecule has 1 unspecified atom stereocenters. The molecule has 25 heavy (non-hydrogen) atoms. The lowest BCUT2D eigenvalue weighted by Crippen LogP contribution is -2.29. The van der Waals surface area contributed by atoms with E-state index in [1.807, 2.05) is 25.5 Å². The lowest BCUT2D eigenvalue weighted by atomic mass is 9.91. The molecule has 0 saturated carbocycles. The lowest BCUT2D eigenvalue weighted by molar-refractivity contribution is 0.0594. The van der Waals surface area contributed by atoms with E-state index in [1.54, 1.807) is 6.33 Å². The van der Waals surface area contributed by atoms with Gasteiger partial charge in [-0.15, -0.1) is 0 Å². The molecule has 1 aliphatic rings. The number of anilines is 1. The minimum atomic E-state index is 0.0995. The predicted octanol–water partition coefficient (Wildman–Crippen LogP) is 3.25. The molecule has 2 aromatic heterocycles. The normalized spacial score (nSPS) is 16.9. The quantitative estimate of drug-likeness (QED) is 0.792. The van der Waals surface area contributed by atoms with Gasteiger partial charge in [0.2, 0.25) is 0 Å². The number of aromatic nitrogens is 4. The summed E-state index contributed by atoms with van der Waals surface area (Å²) in [6.07, 6.45) is 7.51. The first kappa shape index (κ1) is 16.0. The fourth-order valence-electron chi connectivity index (χ4n) is 3.55. The van der Waals surface area contributed by atoms with Gasteiger partial charge in [0.1, 0.15) is 18.0 Å². The number of ether oxygens (including phenoxy) is 1. The third-order valence-electron chi connectivity index (χ3n) is 4.96. The molecule has 0 spiro atoms. The van der Waals surface area contributed by atoms with Crippen LogP contribution in [-0.2, 0) is 11.8 Å². The van der Waals surface area contributed by atoms with Gasteiger partial charge in [-0.3, -0.25) is 0 Å². The van der Waals surface area contributed by atoms with Gasteiger partial charge in [-0.05, 0) is 37.8 Å². The third kappa shape index (κ3) is 3.22. The summed E-state index contributed by atoms with van der Waals surface area (Å²) in [6.45, 7) is 3.69. The van der Waals surface area contributed by atoms with Crippen LogP contribution in [0.1, 0.15) is 30.3 Å². The number of nitrogens with zero attached hydrogens (tertiary/aromatic N) is 4. The molecule has 0 amide bonds. The second-order valence-electron chi connectivity index (χ2n) is 6.71. The molecule has 1 N–H and O–H groups in total. The van der Waals surface area contributed by atoms with Crippen molar-refractivity contribution in [3.05, 3.63) is 48.3 Å². The molecule has 6 nitrogen and oxygen atoms in total. The number of aryl methyl sites for hydroxylation is 2. The standard InChI is InChI=1S/C19H23N5O/c1-13-3-4-16-15(11-13)18(22-12-21-16)23-17(14-5-9-25-10-6-14)19-20-7-8-24(19)2/h3-4,7-8,11-12,14,17H,5-6,9-10H2,1-2H3,(H,21,22,23). The van der Waals surface area contributed by atoms with Gasteiger partial charge in [-0.25, -0.2) is 15.0 Å². The number of benzene rings is 1. The maximum absolute atomic E-state index is 5.55. The summed E-state index contributed by atoms with van der Waals surface area (Å²) < 4.78 is 7.64. The molecule has 0 aliphatic carbocycles. The predicted molar refractivity (Wildman–Crippen MR) is 97.4 cm³/mol. The van der Waals surface area contributed by atoms with Crippen LogP contribution in [0.5, 0.6) is 0 Å². The number of rotatable bonds is 4. The number of imidazole rings is 1. The van der Waals surface area contributed by atoms with E-state index < -0.39 is 0 Å². The maximum Gasteiger partial charge on any atom is 0.137 e. The van der Waals surface area contributed by atoms with Gasteiger partial charge in [0.15, 0.2) is 0 Å². The third-order valence-corrected chi connectivity index (χ3v) is 4.96. The van der Waals surface area contributed by atoms with E-state index in [-0.39, 0.29) is 6.04 Å². The van der Waals surface area contributed by atoms with Crippen molar-refractivity contribution in [2.45, 2.75) is 25.8 Å². The van der Waals surface area contributed by atoms with E-state index in [1.165, 1.54) is 5.56 Å². The summed E-state index contributed by atoms with van der Waals surface area (Å²) in [7, 11) is 2.04. The first-order valence-corrected chi connectivity index (χ1v) is 8.75. The molecule has 4 rings (SSSR count). The summed E-state index contributed by atoms with van der Waals surface area (Å²) in [6, 6.07) is 6.36. The van der Waals surface area contributed by atoms with Crippen molar-refractivity contribution in [1.29, 1.82) is 0 Å². The van der Waals surface area contributed by atoms with Crippen molar-refractivity contribution in [3.63, 3.8) is 0 Å². The molecule has 1 aromatic carbocycles. The lowest BCUT2D eigenvalue weighted by Gasteiger charge is -2.31. The smallest absolute Gasteiger partial charge is 0.137 e.